The first-order valence-electron chi connectivity index (χ1n) is 8.37. The highest BCUT2D eigenvalue weighted by Gasteiger charge is 2.33. The average molecular weight is 361 g/mol. The molecular weight excluding hydrogens is 342 g/mol. The summed E-state index contributed by atoms with van der Waals surface area (Å²) in [5.74, 6) is -1.64. The van der Waals surface area contributed by atoms with Crippen LogP contribution in [0.4, 0.5) is 0 Å². The highest BCUT2D eigenvalue weighted by molar-refractivity contribution is 6.25. The minimum atomic E-state index is -0.691. The fourth-order valence-electron chi connectivity index (χ4n) is 2.37. The van der Waals surface area contributed by atoms with Crippen LogP contribution in [0.15, 0.2) is 16.9 Å². The van der Waals surface area contributed by atoms with Crippen LogP contribution in [0.5, 0.6) is 0 Å². The SMILES string of the molecule is CCOC(=O)c1c[nH]c(/C=C2/C(=O)NN=C2OC2CC2)c1C(=O)OCC. The van der Waals surface area contributed by atoms with E-state index in [0.717, 1.165) is 12.8 Å². The van der Waals surface area contributed by atoms with Crippen molar-refractivity contribution in [3.8, 4) is 0 Å². The Morgan fingerprint density at radius 3 is 2.58 bits per heavy atom. The van der Waals surface area contributed by atoms with E-state index in [1.165, 1.54) is 12.3 Å². The van der Waals surface area contributed by atoms with Gasteiger partial charge in [-0.05, 0) is 32.8 Å². The topological polar surface area (TPSA) is 119 Å². The van der Waals surface area contributed by atoms with E-state index in [1.54, 1.807) is 13.8 Å². The summed E-state index contributed by atoms with van der Waals surface area (Å²) >= 11 is 0. The lowest BCUT2D eigenvalue weighted by atomic mass is 10.1. The zero-order valence-corrected chi connectivity index (χ0v) is 14.5. The lowest BCUT2D eigenvalue weighted by Gasteiger charge is -2.06. The molecule has 26 heavy (non-hydrogen) atoms. The van der Waals surface area contributed by atoms with Crippen molar-refractivity contribution in [1.82, 2.24) is 10.4 Å². The van der Waals surface area contributed by atoms with Gasteiger partial charge in [-0.15, -0.1) is 5.10 Å². The Hall–Kier alpha value is -3.10. The second kappa shape index (κ2) is 7.42. The molecule has 1 aromatic rings. The summed E-state index contributed by atoms with van der Waals surface area (Å²) in [5.41, 5.74) is 2.78. The van der Waals surface area contributed by atoms with E-state index in [0.29, 0.717) is 0 Å². The quantitative estimate of drug-likeness (QED) is 0.583. The van der Waals surface area contributed by atoms with Gasteiger partial charge in [0.15, 0.2) is 0 Å². The Morgan fingerprint density at radius 1 is 1.23 bits per heavy atom. The zero-order chi connectivity index (χ0) is 18.7. The minimum absolute atomic E-state index is 0.00303. The maximum absolute atomic E-state index is 12.3. The van der Waals surface area contributed by atoms with Crippen LogP contribution < -0.4 is 5.43 Å². The molecule has 1 aliphatic heterocycles. The number of carbonyl (C=O) groups excluding carboxylic acids is 3. The molecule has 138 valence electrons. The van der Waals surface area contributed by atoms with Crippen molar-refractivity contribution in [1.29, 1.82) is 0 Å². The van der Waals surface area contributed by atoms with Crippen LogP contribution in [-0.4, -0.2) is 48.0 Å². The van der Waals surface area contributed by atoms with E-state index in [1.807, 2.05) is 0 Å². The molecule has 0 unspecified atom stereocenters. The predicted octanol–water partition coefficient (Wildman–Crippen LogP) is 1.37. The van der Waals surface area contributed by atoms with E-state index in [4.69, 9.17) is 14.2 Å². The van der Waals surface area contributed by atoms with Crippen molar-refractivity contribution in [3.63, 3.8) is 0 Å². The van der Waals surface area contributed by atoms with E-state index < -0.39 is 17.8 Å². The number of aromatic amines is 1. The molecule has 1 aliphatic carbocycles. The Kier molecular flexibility index (Phi) is 5.06. The lowest BCUT2D eigenvalue weighted by molar-refractivity contribution is -0.116. The molecule has 1 aromatic heterocycles. The molecule has 0 spiro atoms. The van der Waals surface area contributed by atoms with Gasteiger partial charge >= 0.3 is 11.9 Å². The number of hydrogen-bond donors (Lipinski definition) is 2. The number of esters is 2. The highest BCUT2D eigenvalue weighted by atomic mass is 16.5. The largest absolute Gasteiger partial charge is 0.473 e. The normalized spacial score (nSPS) is 17.7. The van der Waals surface area contributed by atoms with Crippen molar-refractivity contribution >= 4 is 29.8 Å². The first kappa shape index (κ1) is 17.7. The zero-order valence-electron chi connectivity index (χ0n) is 14.5. The van der Waals surface area contributed by atoms with Crippen LogP contribution >= 0.6 is 0 Å². The minimum Gasteiger partial charge on any atom is -0.473 e. The molecule has 0 aromatic carbocycles. The molecule has 9 nitrogen and oxygen atoms in total. The van der Waals surface area contributed by atoms with E-state index in [-0.39, 0.29) is 47.6 Å². The Labute approximate surface area is 149 Å². The third-order valence-corrected chi connectivity index (χ3v) is 3.71. The monoisotopic (exact) mass is 361 g/mol. The first-order valence-corrected chi connectivity index (χ1v) is 8.37. The van der Waals surface area contributed by atoms with E-state index >= 15 is 0 Å². The van der Waals surface area contributed by atoms with Gasteiger partial charge in [-0.1, -0.05) is 0 Å². The molecule has 2 N–H and O–H groups in total. The molecule has 0 radical (unpaired) electrons. The van der Waals surface area contributed by atoms with Gasteiger partial charge in [0.1, 0.15) is 11.7 Å². The third-order valence-electron chi connectivity index (χ3n) is 3.71. The van der Waals surface area contributed by atoms with Gasteiger partial charge in [0, 0.05) is 6.20 Å². The molecule has 2 heterocycles. The summed E-state index contributed by atoms with van der Waals surface area (Å²) in [4.78, 5) is 39.3. The molecule has 3 rings (SSSR count). The van der Waals surface area contributed by atoms with Gasteiger partial charge in [0.05, 0.1) is 30.0 Å². The van der Waals surface area contributed by atoms with Gasteiger partial charge in [0.2, 0.25) is 5.90 Å². The molecule has 1 fully saturated rings. The second-order valence-corrected chi connectivity index (χ2v) is 5.67. The lowest BCUT2D eigenvalue weighted by Crippen LogP contribution is -2.16. The maximum Gasteiger partial charge on any atom is 0.341 e. The summed E-state index contributed by atoms with van der Waals surface area (Å²) in [6.07, 6.45) is 4.63. The molecular formula is C17H19N3O6. The fourth-order valence-corrected chi connectivity index (χ4v) is 2.37. The number of nitrogens with zero attached hydrogens (tertiary/aromatic N) is 1. The van der Waals surface area contributed by atoms with Crippen molar-refractivity contribution in [2.75, 3.05) is 13.2 Å². The molecule has 9 heteroatoms. The second-order valence-electron chi connectivity index (χ2n) is 5.67. The van der Waals surface area contributed by atoms with Crippen LogP contribution in [0.1, 0.15) is 53.1 Å². The number of rotatable bonds is 6. The summed E-state index contributed by atoms with van der Waals surface area (Å²) in [6.45, 7) is 3.63. The Balaban J connectivity index is 1.98. The van der Waals surface area contributed by atoms with Crippen LogP contribution in [0.2, 0.25) is 0 Å². The number of hydrogen-bond acceptors (Lipinski definition) is 7. The van der Waals surface area contributed by atoms with Crippen molar-refractivity contribution in [2.24, 2.45) is 5.10 Å². The predicted molar refractivity (Wildman–Crippen MR) is 90.4 cm³/mol. The summed E-state index contributed by atoms with van der Waals surface area (Å²) in [6, 6.07) is 0. The molecule has 0 bridgehead atoms. The van der Waals surface area contributed by atoms with Gasteiger partial charge < -0.3 is 19.2 Å². The number of nitrogens with one attached hydrogen (secondary N) is 2. The summed E-state index contributed by atoms with van der Waals surface area (Å²) in [7, 11) is 0. The standard InChI is InChI=1S/C17H19N3O6/c1-3-24-16(22)11-8-18-12(13(11)17(23)25-4-2)7-10-14(21)19-20-15(10)26-9-5-6-9/h7-9,18H,3-6H2,1-2H3,(H,19,21)/b10-7-. The number of amides is 1. The first-order chi connectivity index (χ1) is 12.5. The van der Waals surface area contributed by atoms with Crippen molar-refractivity contribution in [3.05, 3.63) is 28.6 Å². The van der Waals surface area contributed by atoms with Gasteiger partial charge in [-0.2, -0.15) is 0 Å². The fraction of sp³-hybridized carbons (Fsp3) is 0.412. The number of aromatic nitrogens is 1. The Morgan fingerprint density at radius 2 is 1.92 bits per heavy atom. The van der Waals surface area contributed by atoms with Crippen LogP contribution in [-0.2, 0) is 19.0 Å². The van der Waals surface area contributed by atoms with Crippen LogP contribution in [0.3, 0.4) is 0 Å². The highest BCUT2D eigenvalue weighted by Crippen LogP contribution is 2.27. The van der Waals surface area contributed by atoms with Crippen molar-refractivity contribution < 1.29 is 28.6 Å². The van der Waals surface area contributed by atoms with Gasteiger partial charge in [-0.3, -0.25) is 4.79 Å². The third kappa shape index (κ3) is 3.61. The van der Waals surface area contributed by atoms with Crippen LogP contribution in [0, 0.1) is 0 Å². The molecule has 1 saturated carbocycles. The summed E-state index contributed by atoms with van der Waals surface area (Å²) in [5, 5.41) is 3.86. The molecule has 0 saturated heterocycles. The molecule has 2 aliphatic rings. The summed E-state index contributed by atoms with van der Waals surface area (Å²) < 4.78 is 15.6. The number of hydrazone groups is 1. The van der Waals surface area contributed by atoms with Gasteiger partial charge in [-0.25, -0.2) is 15.0 Å². The molecule has 0 atom stereocenters. The average Bonchev–Trinajstić information content (AvgIpc) is 3.22. The number of H-pyrrole nitrogens is 1. The van der Waals surface area contributed by atoms with Gasteiger partial charge in [0.25, 0.3) is 5.91 Å². The van der Waals surface area contributed by atoms with E-state index in [2.05, 4.69) is 15.5 Å². The van der Waals surface area contributed by atoms with E-state index in [9.17, 15) is 14.4 Å². The Bertz CT molecular complexity index is 803. The smallest absolute Gasteiger partial charge is 0.341 e. The number of ether oxygens (including phenoxy) is 3. The maximum atomic E-state index is 12.3. The molecule has 1 amide bonds. The number of carbonyl (C=O) groups is 3. The van der Waals surface area contributed by atoms with Crippen molar-refractivity contribution in [2.45, 2.75) is 32.8 Å². The van der Waals surface area contributed by atoms with Crippen LogP contribution in [0.25, 0.3) is 6.08 Å².